The fourth-order valence-electron chi connectivity index (χ4n) is 5.17. The monoisotopic (exact) mass is 659 g/mol. The first-order valence-corrected chi connectivity index (χ1v) is 16.8. The van der Waals surface area contributed by atoms with Gasteiger partial charge in [0, 0.05) is 35.1 Å². The summed E-state index contributed by atoms with van der Waals surface area (Å²) in [6.45, 7) is 7.02. The van der Waals surface area contributed by atoms with Crippen molar-refractivity contribution in [3.63, 3.8) is 0 Å². The number of halogens is 2. The molecule has 47 heavy (non-hydrogen) atoms. The highest BCUT2D eigenvalue weighted by molar-refractivity contribution is 6.30. The van der Waals surface area contributed by atoms with E-state index in [0.29, 0.717) is 0 Å². The van der Waals surface area contributed by atoms with Crippen LogP contribution in [0, 0.1) is 0 Å². The second kappa shape index (κ2) is 18.8. The summed E-state index contributed by atoms with van der Waals surface area (Å²) in [7, 11) is 0. The van der Waals surface area contributed by atoms with Gasteiger partial charge >= 0.3 is 0 Å². The zero-order valence-electron chi connectivity index (χ0n) is 27.4. The Balaban J connectivity index is 0.000000172. The minimum atomic E-state index is 0.223. The van der Waals surface area contributed by atoms with Crippen molar-refractivity contribution in [1.29, 1.82) is 0 Å². The van der Waals surface area contributed by atoms with Gasteiger partial charge in [-0.15, -0.1) is 0 Å². The van der Waals surface area contributed by atoms with Gasteiger partial charge in [0.25, 0.3) is 0 Å². The van der Waals surface area contributed by atoms with E-state index >= 15 is 0 Å². The number of aliphatic imine (C=N–C) groups is 2. The lowest BCUT2D eigenvalue weighted by Gasteiger charge is -2.09. The molecule has 0 fully saturated rings. The van der Waals surface area contributed by atoms with Gasteiger partial charge in [-0.1, -0.05) is 132 Å². The number of nitrogens with two attached hydrogens (primary N) is 1. The van der Waals surface area contributed by atoms with E-state index in [1.807, 2.05) is 74.8 Å². The first-order valence-electron chi connectivity index (χ1n) is 16.1. The maximum Gasteiger partial charge on any atom is 0.0512 e. The number of hydrogen-bond acceptors (Lipinski definition) is 3. The molecule has 0 saturated heterocycles. The van der Waals surface area contributed by atoms with Gasteiger partial charge in [0.15, 0.2) is 0 Å². The van der Waals surface area contributed by atoms with Crippen molar-refractivity contribution in [2.45, 2.75) is 45.7 Å². The van der Waals surface area contributed by atoms with Gasteiger partial charge in [-0.2, -0.15) is 0 Å². The molecule has 0 radical (unpaired) electrons. The van der Waals surface area contributed by atoms with E-state index in [4.69, 9.17) is 28.9 Å². The molecule has 0 amide bonds. The minimum Gasteiger partial charge on any atom is -0.328 e. The zero-order chi connectivity index (χ0) is 33.4. The Morgan fingerprint density at radius 1 is 0.574 bits per heavy atom. The third kappa shape index (κ3) is 11.8. The van der Waals surface area contributed by atoms with Gasteiger partial charge in [0.2, 0.25) is 0 Å². The molecular formula is C42H43Cl2N3. The van der Waals surface area contributed by atoms with E-state index in [-0.39, 0.29) is 12.1 Å². The van der Waals surface area contributed by atoms with Crippen molar-refractivity contribution in [2.24, 2.45) is 15.7 Å². The lowest BCUT2D eigenvalue weighted by molar-refractivity contribution is 0.742. The molecule has 0 heterocycles. The molecule has 0 aliphatic rings. The van der Waals surface area contributed by atoms with Crippen molar-refractivity contribution >= 4 is 57.2 Å². The van der Waals surface area contributed by atoms with E-state index in [1.165, 1.54) is 32.7 Å². The van der Waals surface area contributed by atoms with E-state index < -0.39 is 0 Å². The van der Waals surface area contributed by atoms with Gasteiger partial charge in [0.05, 0.1) is 6.04 Å². The molecule has 6 aromatic rings. The lowest BCUT2D eigenvalue weighted by atomic mass is 9.99. The van der Waals surface area contributed by atoms with Crippen LogP contribution in [0.2, 0.25) is 10.0 Å². The highest BCUT2D eigenvalue weighted by atomic mass is 35.5. The first-order chi connectivity index (χ1) is 22.8. The molecule has 0 aliphatic carbocycles. The van der Waals surface area contributed by atoms with Crippen molar-refractivity contribution < 1.29 is 0 Å². The van der Waals surface area contributed by atoms with E-state index in [9.17, 15) is 0 Å². The van der Waals surface area contributed by atoms with Crippen LogP contribution in [0.3, 0.4) is 0 Å². The minimum absolute atomic E-state index is 0.223. The highest BCUT2D eigenvalue weighted by Gasteiger charge is 2.05. The molecule has 0 bridgehead atoms. The number of hydrogen-bond donors (Lipinski definition) is 1. The van der Waals surface area contributed by atoms with Crippen LogP contribution in [0.5, 0.6) is 0 Å². The van der Waals surface area contributed by atoms with Gasteiger partial charge in [-0.25, -0.2) is 0 Å². The van der Waals surface area contributed by atoms with Gasteiger partial charge in [0.1, 0.15) is 0 Å². The zero-order valence-corrected chi connectivity index (χ0v) is 28.9. The topological polar surface area (TPSA) is 50.7 Å². The molecular weight excluding hydrogens is 617 g/mol. The fourth-order valence-corrected chi connectivity index (χ4v) is 5.42. The average molecular weight is 661 g/mol. The predicted octanol–water partition coefficient (Wildman–Crippen LogP) is 11.1. The molecule has 5 heteroatoms. The van der Waals surface area contributed by atoms with Crippen LogP contribution >= 0.6 is 23.2 Å². The number of fused-ring (bicyclic) bond motifs is 2. The van der Waals surface area contributed by atoms with Crippen LogP contribution in [0.15, 0.2) is 143 Å². The van der Waals surface area contributed by atoms with Crippen molar-refractivity contribution in [3.8, 4) is 0 Å². The predicted molar refractivity (Wildman–Crippen MR) is 207 cm³/mol. The molecule has 6 aromatic carbocycles. The first kappa shape index (κ1) is 35.6. The molecule has 0 unspecified atom stereocenters. The van der Waals surface area contributed by atoms with Crippen molar-refractivity contribution in [3.05, 3.63) is 166 Å². The third-order valence-electron chi connectivity index (χ3n) is 7.46. The molecule has 240 valence electrons. The fraction of sp³-hybridized carbons (Fsp3) is 0.190. The Hall–Kier alpha value is -4.28. The van der Waals surface area contributed by atoms with Gasteiger partial charge in [-0.3, -0.25) is 9.98 Å². The number of rotatable bonds is 8. The molecule has 0 aromatic heterocycles. The summed E-state index contributed by atoms with van der Waals surface area (Å²) in [5.74, 6) is 0. The van der Waals surface area contributed by atoms with Gasteiger partial charge in [-0.05, 0) is 102 Å². The van der Waals surface area contributed by atoms with Crippen LogP contribution in [0.25, 0.3) is 21.5 Å². The normalized spacial score (nSPS) is 12.4. The van der Waals surface area contributed by atoms with Crippen LogP contribution < -0.4 is 5.73 Å². The van der Waals surface area contributed by atoms with Crippen LogP contribution in [-0.4, -0.2) is 31.1 Å². The van der Waals surface area contributed by atoms with Gasteiger partial charge < -0.3 is 5.73 Å². The molecule has 2 atom stereocenters. The Kier molecular flexibility index (Phi) is 14.2. The summed E-state index contributed by atoms with van der Waals surface area (Å²) in [6, 6.07) is 45.6. The maximum absolute atomic E-state index is 5.89. The third-order valence-corrected chi connectivity index (χ3v) is 7.96. The summed E-state index contributed by atoms with van der Waals surface area (Å²) in [6.07, 6.45) is 5.65. The largest absolute Gasteiger partial charge is 0.328 e. The quantitative estimate of drug-likeness (QED) is 0.162. The summed E-state index contributed by atoms with van der Waals surface area (Å²) in [5, 5.41) is 6.74. The SMILES string of the molecule is CCN=Cc1ccc(Cl)cc1.C[C@@H](N)Cc1cccc2ccccc12.C[C@H](Cc1cccc2ccccc12)N=Cc1ccc(Cl)cc1. The standard InChI is InChI=1S/C20H18ClN.C13H15N.C9H10ClN/c1-15(22-14-16-9-11-19(21)12-10-16)13-18-7-4-6-17-5-2-3-8-20(17)18;1-10(14)9-12-7-4-6-11-5-2-3-8-13(11)12;1-2-11-7-8-3-5-9(10)6-4-8/h2-12,14-15H,13H2,1H3;2-8,10H,9,14H2,1H3;3-7H,2H2,1H3/t15-;10-;/m11./s1. The summed E-state index contributed by atoms with van der Waals surface area (Å²) in [4.78, 5) is 8.76. The maximum atomic E-state index is 5.89. The smallest absolute Gasteiger partial charge is 0.0512 e. The molecule has 6 rings (SSSR count). The number of nitrogens with zero attached hydrogens (tertiary/aromatic N) is 2. The Morgan fingerprint density at radius 3 is 1.51 bits per heavy atom. The highest BCUT2D eigenvalue weighted by Crippen LogP contribution is 2.21. The number of benzene rings is 6. The molecule has 0 aliphatic heterocycles. The second-order valence-corrected chi connectivity index (χ2v) is 12.4. The van der Waals surface area contributed by atoms with E-state index in [1.54, 1.807) is 0 Å². The Bertz CT molecular complexity index is 1870. The van der Waals surface area contributed by atoms with E-state index in [0.717, 1.165) is 40.6 Å². The van der Waals surface area contributed by atoms with Crippen LogP contribution in [-0.2, 0) is 12.8 Å². The summed E-state index contributed by atoms with van der Waals surface area (Å²) in [5.41, 5.74) is 10.7. The van der Waals surface area contributed by atoms with E-state index in [2.05, 4.69) is 102 Å². The second-order valence-electron chi connectivity index (χ2n) is 11.5. The van der Waals surface area contributed by atoms with Crippen LogP contribution in [0.1, 0.15) is 43.0 Å². The lowest BCUT2D eigenvalue weighted by Crippen LogP contribution is -2.17. The molecule has 0 spiro atoms. The summed E-state index contributed by atoms with van der Waals surface area (Å²) < 4.78 is 0. The molecule has 0 saturated carbocycles. The average Bonchev–Trinajstić information content (AvgIpc) is 3.08. The van der Waals surface area contributed by atoms with Crippen molar-refractivity contribution in [1.82, 2.24) is 0 Å². The van der Waals surface area contributed by atoms with Crippen molar-refractivity contribution in [2.75, 3.05) is 6.54 Å². The molecule has 2 N–H and O–H groups in total. The molecule has 3 nitrogen and oxygen atoms in total. The summed E-state index contributed by atoms with van der Waals surface area (Å²) >= 11 is 11.6. The Morgan fingerprint density at radius 2 is 1.02 bits per heavy atom. The Labute approximate surface area is 289 Å². The van der Waals surface area contributed by atoms with Crippen LogP contribution in [0.4, 0.5) is 0 Å².